The van der Waals surface area contributed by atoms with Crippen LogP contribution in [-0.4, -0.2) is 25.7 Å². The molecule has 0 fully saturated rings. The molecular formula is C19H23F2N5O. The number of hydrogen-bond acceptors (Lipinski definition) is 3. The fraction of sp³-hybridized carbons (Fsp3) is 0.421. The van der Waals surface area contributed by atoms with E-state index in [9.17, 15) is 13.6 Å². The lowest BCUT2D eigenvalue weighted by atomic mass is 9.92. The summed E-state index contributed by atoms with van der Waals surface area (Å²) in [6.45, 7) is 9.86. The molecule has 0 radical (unpaired) electrons. The standard InChI is InChI=1S/C19H23F2N5O/c1-10(2)17(18(27)23-16-8-15(24-25-16)19(3,4)5)26-9-22-13-6-11(20)12(21)7-14(13)26/h6-10,17H,1-5H3,(H2,23,24,25,27). The van der Waals surface area contributed by atoms with Gasteiger partial charge in [0.25, 0.3) is 0 Å². The van der Waals surface area contributed by atoms with Gasteiger partial charge in [0.2, 0.25) is 5.91 Å². The normalized spacial score (nSPS) is 13.3. The van der Waals surface area contributed by atoms with E-state index in [1.807, 2.05) is 34.6 Å². The van der Waals surface area contributed by atoms with Crippen LogP contribution in [0.25, 0.3) is 11.0 Å². The number of nitrogens with zero attached hydrogens (tertiary/aromatic N) is 3. The Hall–Kier alpha value is -2.77. The van der Waals surface area contributed by atoms with Gasteiger partial charge in [-0.15, -0.1) is 0 Å². The van der Waals surface area contributed by atoms with Crippen LogP contribution in [0.5, 0.6) is 0 Å². The van der Waals surface area contributed by atoms with Gasteiger partial charge < -0.3 is 9.88 Å². The van der Waals surface area contributed by atoms with E-state index in [0.29, 0.717) is 16.9 Å². The first-order valence-electron chi connectivity index (χ1n) is 8.76. The van der Waals surface area contributed by atoms with Crippen LogP contribution in [0.15, 0.2) is 24.5 Å². The number of hydrogen-bond donors (Lipinski definition) is 2. The maximum atomic E-state index is 13.7. The largest absolute Gasteiger partial charge is 0.318 e. The van der Waals surface area contributed by atoms with E-state index in [2.05, 4.69) is 20.5 Å². The summed E-state index contributed by atoms with van der Waals surface area (Å²) >= 11 is 0. The molecule has 1 aromatic carbocycles. The maximum Gasteiger partial charge on any atom is 0.248 e. The SMILES string of the molecule is CC(C)C(C(=O)Nc1cc(C(C)(C)C)[nH]n1)n1cnc2cc(F)c(F)cc21. The van der Waals surface area contributed by atoms with Crippen LogP contribution in [0.3, 0.4) is 0 Å². The minimum atomic E-state index is -0.978. The predicted molar refractivity (Wildman–Crippen MR) is 99.4 cm³/mol. The zero-order valence-corrected chi connectivity index (χ0v) is 16.0. The summed E-state index contributed by atoms with van der Waals surface area (Å²) in [5.41, 5.74) is 1.42. The Morgan fingerprint density at radius 3 is 2.44 bits per heavy atom. The number of carbonyl (C=O) groups excluding carboxylic acids is 1. The summed E-state index contributed by atoms with van der Waals surface area (Å²) in [5, 5.41) is 9.86. The Kier molecular flexibility index (Phi) is 4.75. The van der Waals surface area contributed by atoms with E-state index in [4.69, 9.17) is 0 Å². The molecule has 0 aliphatic carbocycles. The highest BCUT2D eigenvalue weighted by Crippen LogP contribution is 2.27. The third kappa shape index (κ3) is 3.70. The quantitative estimate of drug-likeness (QED) is 0.719. The average Bonchev–Trinajstić information content (AvgIpc) is 3.16. The number of amides is 1. The lowest BCUT2D eigenvalue weighted by molar-refractivity contribution is -0.120. The van der Waals surface area contributed by atoms with Crippen molar-refractivity contribution in [3.05, 3.63) is 41.9 Å². The molecule has 1 amide bonds. The minimum absolute atomic E-state index is 0.114. The molecule has 27 heavy (non-hydrogen) atoms. The van der Waals surface area contributed by atoms with Gasteiger partial charge in [0.1, 0.15) is 6.04 Å². The Bertz CT molecular complexity index is 984. The second kappa shape index (κ2) is 6.75. The Balaban J connectivity index is 1.93. The van der Waals surface area contributed by atoms with E-state index in [1.165, 1.54) is 6.33 Å². The van der Waals surface area contributed by atoms with E-state index >= 15 is 0 Å². The molecule has 2 aromatic heterocycles. The zero-order chi connectivity index (χ0) is 19.9. The number of halogens is 2. The van der Waals surface area contributed by atoms with Crippen LogP contribution in [0, 0.1) is 17.6 Å². The van der Waals surface area contributed by atoms with Crippen LogP contribution in [0.4, 0.5) is 14.6 Å². The highest BCUT2D eigenvalue weighted by atomic mass is 19.2. The molecule has 3 aromatic rings. The molecule has 0 bridgehead atoms. The van der Waals surface area contributed by atoms with Crippen molar-refractivity contribution in [1.29, 1.82) is 0 Å². The number of fused-ring (bicyclic) bond motifs is 1. The summed E-state index contributed by atoms with van der Waals surface area (Å²) in [6, 6.07) is 3.22. The van der Waals surface area contributed by atoms with Crippen molar-refractivity contribution in [3.8, 4) is 0 Å². The van der Waals surface area contributed by atoms with Gasteiger partial charge >= 0.3 is 0 Å². The fourth-order valence-corrected chi connectivity index (χ4v) is 2.96. The number of aromatic amines is 1. The van der Waals surface area contributed by atoms with Crippen molar-refractivity contribution >= 4 is 22.8 Å². The maximum absolute atomic E-state index is 13.7. The molecule has 144 valence electrons. The number of H-pyrrole nitrogens is 1. The highest BCUT2D eigenvalue weighted by Gasteiger charge is 2.27. The summed E-state index contributed by atoms with van der Waals surface area (Å²) in [4.78, 5) is 17.0. The Morgan fingerprint density at radius 2 is 1.85 bits per heavy atom. The van der Waals surface area contributed by atoms with Crippen molar-refractivity contribution in [2.45, 2.75) is 46.1 Å². The van der Waals surface area contributed by atoms with Crippen LogP contribution in [0.1, 0.15) is 46.4 Å². The first-order chi connectivity index (χ1) is 12.6. The molecule has 0 aliphatic rings. The van der Waals surface area contributed by atoms with Crippen molar-refractivity contribution < 1.29 is 13.6 Å². The number of nitrogens with one attached hydrogen (secondary N) is 2. The molecule has 2 N–H and O–H groups in total. The lowest BCUT2D eigenvalue weighted by Crippen LogP contribution is -2.29. The molecule has 1 atom stereocenters. The first-order valence-corrected chi connectivity index (χ1v) is 8.76. The summed E-state index contributed by atoms with van der Waals surface area (Å²) in [7, 11) is 0. The monoisotopic (exact) mass is 375 g/mol. The molecule has 0 spiro atoms. The van der Waals surface area contributed by atoms with E-state index in [-0.39, 0.29) is 17.2 Å². The second-order valence-electron chi connectivity index (χ2n) is 8.00. The average molecular weight is 375 g/mol. The smallest absolute Gasteiger partial charge is 0.248 e. The van der Waals surface area contributed by atoms with Crippen molar-refractivity contribution in [2.75, 3.05) is 5.32 Å². The lowest BCUT2D eigenvalue weighted by Gasteiger charge is -2.22. The van der Waals surface area contributed by atoms with Gasteiger partial charge in [-0.25, -0.2) is 13.8 Å². The zero-order valence-electron chi connectivity index (χ0n) is 16.0. The Labute approximate surface area is 156 Å². The van der Waals surface area contributed by atoms with Gasteiger partial charge in [0, 0.05) is 29.3 Å². The number of carbonyl (C=O) groups is 1. The topological polar surface area (TPSA) is 75.6 Å². The van der Waals surface area contributed by atoms with E-state index in [0.717, 1.165) is 17.8 Å². The highest BCUT2D eigenvalue weighted by molar-refractivity contribution is 5.94. The number of rotatable bonds is 4. The first kappa shape index (κ1) is 19.0. The van der Waals surface area contributed by atoms with Gasteiger partial charge in [-0.3, -0.25) is 9.89 Å². The fourth-order valence-electron chi connectivity index (χ4n) is 2.96. The van der Waals surface area contributed by atoms with Gasteiger partial charge in [-0.2, -0.15) is 5.10 Å². The van der Waals surface area contributed by atoms with Crippen molar-refractivity contribution in [1.82, 2.24) is 19.7 Å². The summed E-state index contributed by atoms with van der Waals surface area (Å²) < 4.78 is 28.7. The summed E-state index contributed by atoms with van der Waals surface area (Å²) in [5.74, 6) is -1.95. The molecule has 0 aliphatic heterocycles. The number of anilines is 1. The molecule has 6 nitrogen and oxygen atoms in total. The second-order valence-corrected chi connectivity index (χ2v) is 8.00. The van der Waals surface area contributed by atoms with Gasteiger partial charge in [0.15, 0.2) is 17.5 Å². The molecule has 3 rings (SSSR count). The van der Waals surface area contributed by atoms with Crippen LogP contribution < -0.4 is 5.32 Å². The van der Waals surface area contributed by atoms with E-state index in [1.54, 1.807) is 10.6 Å². The third-order valence-electron chi connectivity index (χ3n) is 4.45. The predicted octanol–water partition coefficient (Wildman–Crippen LogP) is 4.17. The minimum Gasteiger partial charge on any atom is -0.318 e. The van der Waals surface area contributed by atoms with E-state index < -0.39 is 17.7 Å². The van der Waals surface area contributed by atoms with Gasteiger partial charge in [-0.1, -0.05) is 34.6 Å². The van der Waals surface area contributed by atoms with Gasteiger partial charge in [0.05, 0.1) is 17.4 Å². The molecule has 1 unspecified atom stereocenters. The van der Waals surface area contributed by atoms with Crippen molar-refractivity contribution in [3.63, 3.8) is 0 Å². The third-order valence-corrected chi connectivity index (χ3v) is 4.45. The number of imidazole rings is 1. The molecule has 8 heteroatoms. The molecule has 2 heterocycles. The van der Waals surface area contributed by atoms with Crippen LogP contribution >= 0.6 is 0 Å². The van der Waals surface area contributed by atoms with Gasteiger partial charge in [-0.05, 0) is 5.92 Å². The molecule has 0 saturated carbocycles. The molecular weight excluding hydrogens is 352 g/mol. The molecule has 0 saturated heterocycles. The summed E-state index contributed by atoms with van der Waals surface area (Å²) in [6.07, 6.45) is 1.43. The number of aromatic nitrogens is 4. The Morgan fingerprint density at radius 1 is 1.19 bits per heavy atom. The number of benzene rings is 1. The van der Waals surface area contributed by atoms with Crippen LogP contribution in [0.2, 0.25) is 0 Å². The van der Waals surface area contributed by atoms with Crippen molar-refractivity contribution in [2.24, 2.45) is 5.92 Å². The van der Waals surface area contributed by atoms with Crippen LogP contribution in [-0.2, 0) is 10.2 Å².